The molecule has 6 heteroatoms. The molecule has 1 N–H and O–H groups in total. The molecule has 15 heavy (non-hydrogen) atoms. The molecule has 0 aromatic carbocycles. The van der Waals surface area contributed by atoms with Crippen LogP contribution in [0, 0.1) is 5.92 Å². The predicted molar refractivity (Wildman–Crippen MR) is 63.4 cm³/mol. The third kappa shape index (κ3) is 12.2. The van der Waals surface area contributed by atoms with Crippen molar-refractivity contribution in [1.82, 2.24) is 0 Å². The fourth-order valence-corrected chi connectivity index (χ4v) is 1.82. The van der Waals surface area contributed by atoms with E-state index in [1.54, 1.807) is 6.92 Å². The van der Waals surface area contributed by atoms with Crippen LogP contribution in [0.2, 0.25) is 0 Å². The molecule has 0 bridgehead atoms. The average Bonchev–Trinajstić information content (AvgIpc) is 2.16. The van der Waals surface area contributed by atoms with Gasteiger partial charge in [-0.1, -0.05) is 13.8 Å². The molecule has 0 atom stereocenters. The van der Waals surface area contributed by atoms with E-state index in [4.69, 9.17) is 14.6 Å². The maximum absolute atomic E-state index is 8.95. The Bertz CT molecular complexity index is 137. The molecule has 0 heterocycles. The summed E-state index contributed by atoms with van der Waals surface area (Å²) in [7, 11) is -1.27. The maximum Gasteiger partial charge on any atom is 0.665 e. The lowest BCUT2D eigenvalue weighted by Crippen LogP contribution is -2.23. The van der Waals surface area contributed by atoms with Gasteiger partial charge in [0.2, 0.25) is 0 Å². The van der Waals surface area contributed by atoms with E-state index < -0.39 is 7.32 Å². The van der Waals surface area contributed by atoms with Crippen molar-refractivity contribution in [3.8, 4) is 0 Å². The van der Waals surface area contributed by atoms with Gasteiger partial charge in [0.25, 0.3) is 0 Å². The minimum Gasteiger partial charge on any atom is -0.400 e. The van der Waals surface area contributed by atoms with Gasteiger partial charge in [-0.3, -0.25) is 0 Å². The van der Waals surface area contributed by atoms with Crippen LogP contribution in [-0.4, -0.2) is 37.1 Å². The Kier molecular flexibility index (Phi) is 10.9. The Morgan fingerprint density at radius 1 is 1.33 bits per heavy atom. The lowest BCUT2D eigenvalue weighted by molar-refractivity contribution is -0.232. The van der Waals surface area contributed by atoms with E-state index >= 15 is 0 Å². The summed E-state index contributed by atoms with van der Waals surface area (Å²) in [5.41, 5.74) is 0. The molecular formula is C9H21BO4S. The largest absolute Gasteiger partial charge is 0.665 e. The van der Waals surface area contributed by atoms with Crippen LogP contribution in [0.4, 0.5) is 0 Å². The molecule has 0 rings (SSSR count). The molecule has 0 unspecified atom stereocenters. The topological polar surface area (TPSA) is 47.9 Å². The van der Waals surface area contributed by atoms with E-state index in [2.05, 4.69) is 18.7 Å². The smallest absolute Gasteiger partial charge is 0.400 e. The molecule has 0 saturated carbocycles. The Hall–Kier alpha value is 0.255. The number of thioether (sulfide) groups is 1. The molecule has 0 aromatic heterocycles. The molecule has 0 aliphatic carbocycles. The first-order chi connectivity index (χ1) is 7.16. The highest BCUT2D eigenvalue weighted by molar-refractivity contribution is 7.99. The van der Waals surface area contributed by atoms with Crippen LogP contribution >= 0.6 is 11.8 Å². The molecule has 4 nitrogen and oxygen atoms in total. The zero-order valence-electron chi connectivity index (χ0n) is 9.77. The second kappa shape index (κ2) is 10.8. The molecule has 0 saturated heterocycles. The van der Waals surface area contributed by atoms with E-state index in [0.29, 0.717) is 13.2 Å². The molecular weight excluding hydrogens is 215 g/mol. The van der Waals surface area contributed by atoms with Gasteiger partial charge in [0.05, 0.1) is 6.61 Å². The van der Waals surface area contributed by atoms with Crippen molar-refractivity contribution < 1.29 is 19.4 Å². The van der Waals surface area contributed by atoms with Crippen molar-refractivity contribution in [1.29, 1.82) is 0 Å². The fourth-order valence-electron chi connectivity index (χ4n) is 0.791. The summed E-state index contributed by atoms with van der Waals surface area (Å²) in [6.07, 6.45) is 1.22. The van der Waals surface area contributed by atoms with Crippen molar-refractivity contribution in [3.63, 3.8) is 0 Å². The predicted octanol–water partition coefficient (Wildman–Crippen LogP) is 1.73. The van der Waals surface area contributed by atoms with Crippen molar-refractivity contribution >= 4 is 19.1 Å². The standard InChI is InChI=1S/C9H21BO4S/c1-4-12-10(11)14-13-6-8-15-7-5-9(2)3/h9,11H,4-8H2,1-3H3. The van der Waals surface area contributed by atoms with Gasteiger partial charge in [0.1, 0.15) is 0 Å². The molecule has 0 aliphatic rings. The lowest BCUT2D eigenvalue weighted by atomic mass is 10.2. The molecule has 0 spiro atoms. The molecule has 90 valence electrons. The number of hydrogen-bond acceptors (Lipinski definition) is 5. The van der Waals surface area contributed by atoms with Crippen LogP contribution in [-0.2, 0) is 14.3 Å². The van der Waals surface area contributed by atoms with Crippen molar-refractivity contribution in [2.45, 2.75) is 27.2 Å². The van der Waals surface area contributed by atoms with E-state index in [1.807, 2.05) is 11.8 Å². The number of hydrogen-bond donors (Lipinski definition) is 1. The van der Waals surface area contributed by atoms with Crippen molar-refractivity contribution in [2.75, 3.05) is 24.7 Å². The summed E-state index contributed by atoms with van der Waals surface area (Å²) >= 11 is 1.82. The van der Waals surface area contributed by atoms with Gasteiger partial charge >= 0.3 is 7.32 Å². The third-order valence-corrected chi connectivity index (χ3v) is 2.59. The minimum atomic E-state index is -1.27. The van der Waals surface area contributed by atoms with Crippen LogP contribution in [0.15, 0.2) is 0 Å². The Morgan fingerprint density at radius 3 is 2.67 bits per heavy atom. The zero-order chi connectivity index (χ0) is 11.5. The highest BCUT2D eigenvalue weighted by atomic mass is 32.2. The average molecular weight is 236 g/mol. The van der Waals surface area contributed by atoms with E-state index in [0.717, 1.165) is 17.4 Å². The van der Waals surface area contributed by atoms with Crippen LogP contribution in [0.1, 0.15) is 27.2 Å². The van der Waals surface area contributed by atoms with Crippen LogP contribution in [0.5, 0.6) is 0 Å². The molecule has 0 aliphatic heterocycles. The summed E-state index contributed by atoms with van der Waals surface area (Å²) in [4.78, 5) is 9.29. The summed E-state index contributed by atoms with van der Waals surface area (Å²) in [5, 5.41) is 8.95. The lowest BCUT2D eigenvalue weighted by Gasteiger charge is -2.07. The van der Waals surface area contributed by atoms with Crippen molar-refractivity contribution in [2.24, 2.45) is 5.92 Å². The Labute approximate surface area is 96.8 Å². The van der Waals surface area contributed by atoms with Crippen LogP contribution in [0.25, 0.3) is 0 Å². The van der Waals surface area contributed by atoms with Gasteiger partial charge in [0.15, 0.2) is 0 Å². The third-order valence-electron chi connectivity index (χ3n) is 1.61. The summed E-state index contributed by atoms with van der Waals surface area (Å²) in [6, 6.07) is 0. The van der Waals surface area contributed by atoms with Gasteiger partial charge in [-0.25, -0.2) is 9.69 Å². The SMILES string of the molecule is CCOB(O)OOCCSCCC(C)C. The van der Waals surface area contributed by atoms with Crippen molar-refractivity contribution in [3.05, 3.63) is 0 Å². The van der Waals surface area contributed by atoms with E-state index in [9.17, 15) is 0 Å². The second-order valence-electron chi connectivity index (χ2n) is 3.48. The minimum absolute atomic E-state index is 0.396. The Morgan fingerprint density at radius 2 is 2.07 bits per heavy atom. The molecule has 0 fully saturated rings. The normalized spacial score (nSPS) is 11.0. The van der Waals surface area contributed by atoms with E-state index in [1.165, 1.54) is 6.42 Å². The first-order valence-electron chi connectivity index (χ1n) is 5.32. The van der Waals surface area contributed by atoms with Gasteiger partial charge in [-0.15, -0.1) is 0 Å². The molecule has 0 amide bonds. The fraction of sp³-hybridized carbons (Fsp3) is 1.00. The Balaban J connectivity index is 3.04. The van der Waals surface area contributed by atoms with Gasteiger partial charge in [-0.05, 0) is 25.0 Å². The maximum atomic E-state index is 8.95. The summed E-state index contributed by atoms with van der Waals surface area (Å²) in [6.45, 7) is 7.05. The highest BCUT2D eigenvalue weighted by Gasteiger charge is 2.15. The van der Waals surface area contributed by atoms with Gasteiger partial charge in [-0.2, -0.15) is 11.8 Å². The quantitative estimate of drug-likeness (QED) is 0.271. The van der Waals surface area contributed by atoms with Crippen LogP contribution < -0.4 is 0 Å². The monoisotopic (exact) mass is 236 g/mol. The second-order valence-corrected chi connectivity index (χ2v) is 4.70. The molecule has 0 aromatic rings. The zero-order valence-corrected chi connectivity index (χ0v) is 10.6. The van der Waals surface area contributed by atoms with E-state index in [-0.39, 0.29) is 0 Å². The first kappa shape index (κ1) is 15.3. The van der Waals surface area contributed by atoms with Gasteiger partial charge in [0, 0.05) is 12.4 Å². The highest BCUT2D eigenvalue weighted by Crippen LogP contribution is 2.08. The summed E-state index contributed by atoms with van der Waals surface area (Å²) in [5.74, 6) is 2.75. The summed E-state index contributed by atoms with van der Waals surface area (Å²) < 4.78 is 4.70. The first-order valence-corrected chi connectivity index (χ1v) is 6.48. The number of rotatable bonds is 10. The van der Waals surface area contributed by atoms with Gasteiger partial charge < -0.3 is 9.68 Å². The van der Waals surface area contributed by atoms with Crippen LogP contribution in [0.3, 0.4) is 0 Å². The molecule has 0 radical (unpaired) electrons.